The second kappa shape index (κ2) is 9.19. The molecule has 6 nitrogen and oxygen atoms in total. The van der Waals surface area contributed by atoms with Crippen molar-refractivity contribution >= 4 is 12.0 Å². The Labute approximate surface area is 140 Å². The maximum Gasteiger partial charge on any atom is 0.338 e. The lowest BCUT2D eigenvalue weighted by Gasteiger charge is -2.09. The van der Waals surface area contributed by atoms with Crippen molar-refractivity contribution in [2.75, 3.05) is 19.7 Å². The Bertz CT molecular complexity index is 674. The van der Waals surface area contributed by atoms with Gasteiger partial charge in [0.15, 0.2) is 0 Å². The molecule has 0 spiro atoms. The molecule has 0 aliphatic rings. The summed E-state index contributed by atoms with van der Waals surface area (Å²) < 4.78 is 10.8. The zero-order valence-electron chi connectivity index (χ0n) is 13.5. The fraction of sp³-hybridized carbons (Fsp3) is 0.222. The first-order chi connectivity index (χ1) is 11.7. The molecular formula is C18H20N2O4. The van der Waals surface area contributed by atoms with E-state index in [0.717, 1.165) is 0 Å². The molecule has 2 N–H and O–H groups in total. The van der Waals surface area contributed by atoms with Crippen molar-refractivity contribution in [3.05, 3.63) is 60.2 Å². The van der Waals surface area contributed by atoms with Gasteiger partial charge in [0.2, 0.25) is 0 Å². The fourth-order valence-corrected chi connectivity index (χ4v) is 1.93. The van der Waals surface area contributed by atoms with Crippen LogP contribution in [0.5, 0.6) is 11.5 Å². The third-order valence-corrected chi connectivity index (χ3v) is 3.01. The zero-order valence-corrected chi connectivity index (χ0v) is 13.5. The summed E-state index contributed by atoms with van der Waals surface area (Å²) >= 11 is 0. The van der Waals surface area contributed by atoms with E-state index in [0.29, 0.717) is 23.6 Å². The molecule has 0 radical (unpaired) electrons. The smallest absolute Gasteiger partial charge is 0.338 e. The van der Waals surface area contributed by atoms with Gasteiger partial charge in [0, 0.05) is 6.54 Å². The van der Waals surface area contributed by atoms with Crippen LogP contribution in [0.2, 0.25) is 0 Å². The monoisotopic (exact) mass is 328 g/mol. The van der Waals surface area contributed by atoms with E-state index in [-0.39, 0.29) is 19.2 Å². The Kier molecular flexibility index (Phi) is 6.64. The summed E-state index contributed by atoms with van der Waals surface area (Å²) in [6, 6.07) is 15.8. The normalized spacial score (nSPS) is 9.88. The van der Waals surface area contributed by atoms with Gasteiger partial charge in [-0.05, 0) is 37.3 Å². The number of hydrogen-bond donors (Lipinski definition) is 2. The van der Waals surface area contributed by atoms with Gasteiger partial charge < -0.3 is 20.1 Å². The highest BCUT2D eigenvalue weighted by atomic mass is 16.5. The molecular weight excluding hydrogens is 308 g/mol. The SMILES string of the molecule is CCNC(=O)NCCOC(=O)c1cccc(Oc2ccccc2)c1. The number of benzene rings is 2. The number of carbonyl (C=O) groups is 2. The topological polar surface area (TPSA) is 76.7 Å². The van der Waals surface area contributed by atoms with E-state index in [1.807, 2.05) is 37.3 Å². The Morgan fingerprint density at radius 3 is 2.46 bits per heavy atom. The Morgan fingerprint density at radius 2 is 1.71 bits per heavy atom. The van der Waals surface area contributed by atoms with Gasteiger partial charge in [0.1, 0.15) is 18.1 Å². The minimum atomic E-state index is -0.466. The fourth-order valence-electron chi connectivity index (χ4n) is 1.93. The van der Waals surface area contributed by atoms with Crippen LogP contribution in [0.3, 0.4) is 0 Å². The van der Waals surface area contributed by atoms with Crippen LogP contribution in [0.15, 0.2) is 54.6 Å². The molecule has 0 heterocycles. The first-order valence-electron chi connectivity index (χ1n) is 7.71. The lowest BCUT2D eigenvalue weighted by atomic mass is 10.2. The van der Waals surface area contributed by atoms with Gasteiger partial charge in [0.25, 0.3) is 0 Å². The average Bonchev–Trinajstić information content (AvgIpc) is 2.60. The van der Waals surface area contributed by atoms with Crippen molar-refractivity contribution in [3.8, 4) is 11.5 Å². The van der Waals surface area contributed by atoms with Crippen LogP contribution in [0.4, 0.5) is 4.79 Å². The Hall–Kier alpha value is -3.02. The summed E-state index contributed by atoms with van der Waals surface area (Å²) in [5.41, 5.74) is 0.390. The molecule has 0 atom stereocenters. The van der Waals surface area contributed by atoms with E-state index >= 15 is 0 Å². The van der Waals surface area contributed by atoms with E-state index < -0.39 is 5.97 Å². The van der Waals surface area contributed by atoms with Gasteiger partial charge >= 0.3 is 12.0 Å². The maximum atomic E-state index is 12.0. The summed E-state index contributed by atoms with van der Waals surface area (Å²) in [5, 5.41) is 5.17. The molecule has 2 aromatic carbocycles. The number of para-hydroxylation sites is 1. The number of esters is 1. The lowest BCUT2D eigenvalue weighted by molar-refractivity contribution is 0.0510. The molecule has 0 fully saturated rings. The Morgan fingerprint density at radius 1 is 0.958 bits per heavy atom. The molecule has 6 heteroatoms. The van der Waals surface area contributed by atoms with E-state index in [2.05, 4.69) is 10.6 Å². The second-order valence-corrected chi connectivity index (χ2v) is 4.87. The van der Waals surface area contributed by atoms with Crippen LogP contribution < -0.4 is 15.4 Å². The standard InChI is InChI=1S/C18H20N2O4/c1-2-19-18(22)20-11-12-23-17(21)14-7-6-10-16(13-14)24-15-8-4-3-5-9-15/h3-10,13H,2,11-12H2,1H3,(H2,19,20,22). The summed E-state index contributed by atoms with van der Waals surface area (Å²) in [6.45, 7) is 2.71. The molecule has 2 aromatic rings. The van der Waals surface area contributed by atoms with E-state index in [9.17, 15) is 9.59 Å². The first kappa shape index (κ1) is 17.3. The minimum absolute atomic E-state index is 0.0970. The Balaban J connectivity index is 1.84. The van der Waals surface area contributed by atoms with Gasteiger partial charge in [-0.3, -0.25) is 0 Å². The van der Waals surface area contributed by atoms with E-state index in [4.69, 9.17) is 9.47 Å². The van der Waals surface area contributed by atoms with Crippen LogP contribution in [0, 0.1) is 0 Å². The number of urea groups is 1. The highest BCUT2D eigenvalue weighted by Crippen LogP contribution is 2.22. The van der Waals surface area contributed by atoms with Gasteiger partial charge in [-0.25, -0.2) is 9.59 Å². The zero-order chi connectivity index (χ0) is 17.2. The molecule has 0 saturated carbocycles. The maximum absolute atomic E-state index is 12.0. The van der Waals surface area contributed by atoms with Crippen molar-refractivity contribution in [3.63, 3.8) is 0 Å². The number of rotatable bonds is 7. The molecule has 0 aliphatic carbocycles. The van der Waals surface area contributed by atoms with Crippen molar-refractivity contribution in [1.29, 1.82) is 0 Å². The largest absolute Gasteiger partial charge is 0.460 e. The lowest BCUT2D eigenvalue weighted by Crippen LogP contribution is -2.37. The van der Waals surface area contributed by atoms with Gasteiger partial charge in [0.05, 0.1) is 12.1 Å². The van der Waals surface area contributed by atoms with Crippen LogP contribution in [-0.4, -0.2) is 31.7 Å². The molecule has 126 valence electrons. The van der Waals surface area contributed by atoms with Crippen LogP contribution >= 0.6 is 0 Å². The number of carbonyl (C=O) groups excluding carboxylic acids is 2. The van der Waals surface area contributed by atoms with Crippen molar-refractivity contribution in [2.45, 2.75) is 6.92 Å². The molecule has 0 aromatic heterocycles. The summed E-state index contributed by atoms with van der Waals surface area (Å²) in [4.78, 5) is 23.2. The average molecular weight is 328 g/mol. The minimum Gasteiger partial charge on any atom is -0.460 e. The summed E-state index contributed by atoms with van der Waals surface area (Å²) in [5.74, 6) is 0.775. The predicted octanol–water partition coefficient (Wildman–Crippen LogP) is 2.95. The molecule has 2 amide bonds. The number of hydrogen-bond acceptors (Lipinski definition) is 4. The number of amides is 2. The summed E-state index contributed by atoms with van der Waals surface area (Å²) in [6.07, 6.45) is 0. The number of nitrogens with one attached hydrogen (secondary N) is 2. The van der Waals surface area contributed by atoms with Gasteiger partial charge in [-0.1, -0.05) is 24.3 Å². The third kappa shape index (κ3) is 5.64. The molecule has 0 bridgehead atoms. The molecule has 2 rings (SSSR count). The van der Waals surface area contributed by atoms with Crippen LogP contribution in [0.1, 0.15) is 17.3 Å². The molecule has 0 saturated heterocycles. The molecule has 24 heavy (non-hydrogen) atoms. The van der Waals surface area contributed by atoms with Crippen molar-refractivity contribution in [1.82, 2.24) is 10.6 Å². The van der Waals surface area contributed by atoms with E-state index in [1.54, 1.807) is 24.3 Å². The summed E-state index contributed by atoms with van der Waals surface area (Å²) in [7, 11) is 0. The highest BCUT2D eigenvalue weighted by Gasteiger charge is 2.09. The molecule has 0 unspecified atom stereocenters. The van der Waals surface area contributed by atoms with Crippen LogP contribution in [0.25, 0.3) is 0 Å². The third-order valence-electron chi connectivity index (χ3n) is 3.01. The predicted molar refractivity (Wildman–Crippen MR) is 90.3 cm³/mol. The van der Waals surface area contributed by atoms with Crippen molar-refractivity contribution in [2.24, 2.45) is 0 Å². The quantitative estimate of drug-likeness (QED) is 0.605. The van der Waals surface area contributed by atoms with E-state index in [1.165, 1.54) is 0 Å². The van der Waals surface area contributed by atoms with Gasteiger partial charge in [-0.2, -0.15) is 0 Å². The number of ether oxygens (including phenoxy) is 2. The molecule has 0 aliphatic heterocycles. The second-order valence-electron chi connectivity index (χ2n) is 4.87. The van der Waals surface area contributed by atoms with Crippen molar-refractivity contribution < 1.29 is 19.1 Å². The van der Waals surface area contributed by atoms with Gasteiger partial charge in [-0.15, -0.1) is 0 Å². The highest BCUT2D eigenvalue weighted by molar-refractivity contribution is 5.89. The van der Waals surface area contributed by atoms with Crippen LogP contribution in [-0.2, 0) is 4.74 Å². The first-order valence-corrected chi connectivity index (χ1v) is 7.71.